The second kappa shape index (κ2) is 5.01. The zero-order valence-electron chi connectivity index (χ0n) is 11.1. The first-order valence-corrected chi connectivity index (χ1v) is 6.68. The van der Waals surface area contributed by atoms with Crippen LogP contribution in [0.5, 0.6) is 0 Å². The highest BCUT2D eigenvalue weighted by molar-refractivity contribution is 5.88. The molecule has 98 valence electrons. The third-order valence-corrected chi connectivity index (χ3v) is 4.19. The first kappa shape index (κ1) is 12.9. The molecule has 0 saturated heterocycles. The first-order valence-electron chi connectivity index (χ1n) is 6.68. The second-order valence-electron chi connectivity index (χ2n) is 5.61. The van der Waals surface area contributed by atoms with E-state index in [4.69, 9.17) is 5.73 Å². The topological polar surface area (TPSA) is 55.1 Å². The summed E-state index contributed by atoms with van der Waals surface area (Å²) in [6.07, 6.45) is 3.04. The van der Waals surface area contributed by atoms with E-state index in [1.54, 1.807) is 0 Å². The number of carbonyl (C=O) groups is 1. The van der Waals surface area contributed by atoms with Crippen molar-refractivity contribution in [2.45, 2.75) is 38.6 Å². The molecular formula is C15H22N2O. The van der Waals surface area contributed by atoms with Gasteiger partial charge >= 0.3 is 0 Å². The molecular weight excluding hydrogens is 224 g/mol. The molecule has 1 fully saturated rings. The van der Waals surface area contributed by atoms with Crippen LogP contribution in [-0.4, -0.2) is 11.4 Å². The smallest absolute Gasteiger partial charge is 0.243 e. The molecule has 18 heavy (non-hydrogen) atoms. The van der Waals surface area contributed by atoms with E-state index in [1.807, 2.05) is 30.3 Å². The molecule has 1 aliphatic carbocycles. The van der Waals surface area contributed by atoms with Crippen LogP contribution in [0.15, 0.2) is 30.3 Å². The van der Waals surface area contributed by atoms with Gasteiger partial charge in [0.1, 0.15) is 5.54 Å². The fourth-order valence-electron chi connectivity index (χ4n) is 2.99. The lowest BCUT2D eigenvalue weighted by atomic mass is 9.69. The minimum Gasteiger partial charge on any atom is -0.371 e. The van der Waals surface area contributed by atoms with E-state index < -0.39 is 5.54 Å². The number of hydrogen-bond acceptors (Lipinski definition) is 2. The predicted octanol–water partition coefficient (Wildman–Crippen LogP) is 2.78. The second-order valence-corrected chi connectivity index (χ2v) is 5.61. The van der Waals surface area contributed by atoms with Gasteiger partial charge in [-0.3, -0.25) is 4.79 Å². The standard InChI is InChI=1S/C15H22N2O/c1-11-8-9-12(2)15(10-11,14(16)18)17-13-6-4-3-5-7-13/h3-7,11-12,17H,8-10H2,1-2H3,(H2,16,18). The zero-order chi connectivity index (χ0) is 13.2. The number of carbonyl (C=O) groups excluding carboxylic acids is 1. The average Bonchev–Trinajstić information content (AvgIpc) is 2.35. The number of amides is 1. The summed E-state index contributed by atoms with van der Waals surface area (Å²) in [5.74, 6) is 0.571. The van der Waals surface area contributed by atoms with E-state index >= 15 is 0 Å². The molecule has 0 heterocycles. The Morgan fingerprint density at radius 2 is 1.94 bits per heavy atom. The van der Waals surface area contributed by atoms with Gasteiger partial charge in [0, 0.05) is 5.69 Å². The summed E-state index contributed by atoms with van der Waals surface area (Å²) in [6.45, 7) is 4.31. The van der Waals surface area contributed by atoms with Gasteiger partial charge in [-0.2, -0.15) is 0 Å². The lowest BCUT2D eigenvalue weighted by molar-refractivity contribution is -0.125. The highest BCUT2D eigenvalue weighted by Gasteiger charge is 2.45. The van der Waals surface area contributed by atoms with Crippen LogP contribution in [0.25, 0.3) is 0 Å². The quantitative estimate of drug-likeness (QED) is 0.861. The molecule has 0 radical (unpaired) electrons. The summed E-state index contributed by atoms with van der Waals surface area (Å²) in [7, 11) is 0. The number of rotatable bonds is 3. The largest absolute Gasteiger partial charge is 0.371 e. The van der Waals surface area contributed by atoms with Crippen LogP contribution in [0.3, 0.4) is 0 Å². The number of para-hydroxylation sites is 1. The Labute approximate surface area is 109 Å². The van der Waals surface area contributed by atoms with Crippen molar-refractivity contribution in [3.05, 3.63) is 30.3 Å². The molecule has 1 aliphatic rings. The molecule has 0 bridgehead atoms. The van der Waals surface area contributed by atoms with E-state index in [9.17, 15) is 4.79 Å². The maximum absolute atomic E-state index is 12.0. The monoisotopic (exact) mass is 246 g/mol. The number of nitrogens with two attached hydrogens (primary N) is 1. The first-order chi connectivity index (χ1) is 8.54. The van der Waals surface area contributed by atoms with E-state index in [2.05, 4.69) is 19.2 Å². The van der Waals surface area contributed by atoms with Crippen LogP contribution < -0.4 is 11.1 Å². The maximum Gasteiger partial charge on any atom is 0.243 e. The Morgan fingerprint density at radius 1 is 1.28 bits per heavy atom. The molecule has 3 heteroatoms. The summed E-state index contributed by atoms with van der Waals surface area (Å²) < 4.78 is 0. The molecule has 3 nitrogen and oxygen atoms in total. The summed E-state index contributed by atoms with van der Waals surface area (Å²) in [5.41, 5.74) is 6.07. The molecule has 1 saturated carbocycles. The van der Waals surface area contributed by atoms with Crippen LogP contribution in [0.4, 0.5) is 5.69 Å². The van der Waals surface area contributed by atoms with Crippen LogP contribution in [-0.2, 0) is 4.79 Å². The number of primary amides is 1. The minimum atomic E-state index is -0.598. The third-order valence-electron chi connectivity index (χ3n) is 4.19. The lowest BCUT2D eigenvalue weighted by Crippen LogP contribution is -2.57. The normalized spacial score (nSPS) is 31.9. The van der Waals surface area contributed by atoms with Gasteiger partial charge in [-0.15, -0.1) is 0 Å². The Bertz CT molecular complexity index is 418. The van der Waals surface area contributed by atoms with Crippen LogP contribution in [0.2, 0.25) is 0 Å². The average molecular weight is 246 g/mol. The van der Waals surface area contributed by atoms with E-state index in [0.717, 1.165) is 18.5 Å². The Hall–Kier alpha value is -1.51. The van der Waals surface area contributed by atoms with E-state index in [0.29, 0.717) is 5.92 Å². The molecule has 1 amide bonds. The van der Waals surface area contributed by atoms with Crippen LogP contribution in [0.1, 0.15) is 33.1 Å². The van der Waals surface area contributed by atoms with Crippen molar-refractivity contribution in [2.75, 3.05) is 5.32 Å². The van der Waals surface area contributed by atoms with Gasteiger partial charge in [0.2, 0.25) is 5.91 Å². The van der Waals surface area contributed by atoms with Gasteiger partial charge in [-0.1, -0.05) is 38.5 Å². The summed E-state index contributed by atoms with van der Waals surface area (Å²) in [5, 5.41) is 3.40. The van der Waals surface area contributed by atoms with Crippen molar-refractivity contribution in [1.82, 2.24) is 0 Å². The van der Waals surface area contributed by atoms with Gasteiger partial charge in [0.05, 0.1) is 0 Å². The van der Waals surface area contributed by atoms with Crippen molar-refractivity contribution in [3.63, 3.8) is 0 Å². The van der Waals surface area contributed by atoms with E-state index in [-0.39, 0.29) is 11.8 Å². The number of hydrogen-bond donors (Lipinski definition) is 2. The lowest BCUT2D eigenvalue weighted by Gasteiger charge is -2.43. The maximum atomic E-state index is 12.0. The van der Waals surface area contributed by atoms with Crippen molar-refractivity contribution < 1.29 is 4.79 Å². The van der Waals surface area contributed by atoms with Crippen LogP contribution in [0, 0.1) is 11.8 Å². The van der Waals surface area contributed by atoms with Crippen molar-refractivity contribution in [3.8, 4) is 0 Å². The van der Waals surface area contributed by atoms with Gasteiger partial charge in [-0.05, 0) is 36.8 Å². The predicted molar refractivity (Wildman–Crippen MR) is 74.2 cm³/mol. The molecule has 3 N–H and O–H groups in total. The van der Waals surface area contributed by atoms with Gasteiger partial charge in [0.25, 0.3) is 0 Å². The molecule has 2 rings (SSSR count). The Kier molecular flexibility index (Phi) is 3.60. The van der Waals surface area contributed by atoms with Crippen molar-refractivity contribution in [1.29, 1.82) is 0 Å². The molecule has 3 unspecified atom stereocenters. The highest BCUT2D eigenvalue weighted by atomic mass is 16.1. The van der Waals surface area contributed by atoms with Crippen molar-refractivity contribution in [2.24, 2.45) is 17.6 Å². The minimum absolute atomic E-state index is 0.231. The number of benzene rings is 1. The van der Waals surface area contributed by atoms with Gasteiger partial charge in [0.15, 0.2) is 0 Å². The molecule has 0 aliphatic heterocycles. The molecule has 0 aromatic heterocycles. The highest BCUT2D eigenvalue weighted by Crippen LogP contribution is 2.39. The van der Waals surface area contributed by atoms with E-state index in [1.165, 1.54) is 6.42 Å². The third kappa shape index (κ3) is 2.35. The summed E-state index contributed by atoms with van der Waals surface area (Å²) in [6, 6.07) is 9.87. The summed E-state index contributed by atoms with van der Waals surface area (Å²) in [4.78, 5) is 12.0. The number of anilines is 1. The SMILES string of the molecule is CC1CCC(C)C(Nc2ccccc2)(C(N)=O)C1. The van der Waals surface area contributed by atoms with Crippen molar-refractivity contribution >= 4 is 11.6 Å². The Morgan fingerprint density at radius 3 is 2.56 bits per heavy atom. The summed E-state index contributed by atoms with van der Waals surface area (Å²) >= 11 is 0. The fourth-order valence-corrected chi connectivity index (χ4v) is 2.99. The van der Waals surface area contributed by atoms with Crippen LogP contribution >= 0.6 is 0 Å². The molecule has 3 atom stereocenters. The molecule has 0 spiro atoms. The fraction of sp³-hybridized carbons (Fsp3) is 0.533. The van der Waals surface area contributed by atoms with Gasteiger partial charge < -0.3 is 11.1 Å². The molecule has 1 aromatic rings. The van der Waals surface area contributed by atoms with Gasteiger partial charge in [-0.25, -0.2) is 0 Å². The Balaban J connectivity index is 2.29. The number of nitrogens with one attached hydrogen (secondary N) is 1. The molecule has 1 aromatic carbocycles. The zero-order valence-corrected chi connectivity index (χ0v) is 11.1.